The number of methoxy groups -OCH3 is 1. The number of amides is 1. The highest BCUT2D eigenvalue weighted by atomic mass is 16.6. The van der Waals surface area contributed by atoms with Crippen molar-refractivity contribution in [3.05, 3.63) is 27.8 Å². The normalized spacial score (nSPS) is 18.8. The fraction of sp³-hybridized carbons (Fsp3) is 0.364. The number of rotatable bonds is 3. The topological polar surface area (TPSA) is 114 Å². The van der Waals surface area contributed by atoms with Crippen LogP contribution in [0.25, 0.3) is 0 Å². The fourth-order valence-electron chi connectivity index (χ4n) is 1.89. The van der Waals surface area contributed by atoms with Crippen LogP contribution in [0.2, 0.25) is 0 Å². The monoisotopic (exact) mass is 267 g/mol. The van der Waals surface area contributed by atoms with Crippen LogP contribution in [0.5, 0.6) is 11.5 Å². The van der Waals surface area contributed by atoms with E-state index < -0.39 is 22.5 Å². The van der Waals surface area contributed by atoms with E-state index in [1.807, 2.05) is 0 Å². The summed E-state index contributed by atoms with van der Waals surface area (Å²) in [6.07, 6.45) is -0.178. The number of nitrogens with one attached hydrogen (secondary N) is 2. The standard InChI is InChI=1S/C11H13N3O5/c1-19-8-5-6(4-7(10(8)16)14(17)18)11-12-3-2-9(15)13-11/h4-5,11-12,16H,2-3H2,1H3,(H,13,15)/t11-/m1/s1. The molecule has 1 aromatic rings. The molecule has 2 rings (SSSR count). The molecule has 1 fully saturated rings. The SMILES string of the molecule is COc1cc([C@@H]2NCCC(=O)N2)cc([N+](=O)[O-])c1O. The Labute approximate surface area is 108 Å². The minimum atomic E-state index is -0.702. The molecule has 0 bridgehead atoms. The number of nitro groups is 1. The van der Waals surface area contributed by atoms with Crippen molar-refractivity contribution in [1.29, 1.82) is 0 Å². The van der Waals surface area contributed by atoms with E-state index in [-0.39, 0.29) is 11.7 Å². The van der Waals surface area contributed by atoms with Gasteiger partial charge in [-0.1, -0.05) is 0 Å². The van der Waals surface area contributed by atoms with E-state index in [4.69, 9.17) is 4.74 Å². The number of hydrogen-bond acceptors (Lipinski definition) is 6. The van der Waals surface area contributed by atoms with Gasteiger partial charge in [-0.3, -0.25) is 20.2 Å². The van der Waals surface area contributed by atoms with E-state index in [1.54, 1.807) is 0 Å². The number of aromatic hydroxyl groups is 1. The van der Waals surface area contributed by atoms with Crippen LogP contribution in [0.3, 0.4) is 0 Å². The van der Waals surface area contributed by atoms with Gasteiger partial charge in [-0.15, -0.1) is 0 Å². The zero-order chi connectivity index (χ0) is 14.0. The van der Waals surface area contributed by atoms with Gasteiger partial charge in [-0.05, 0) is 11.6 Å². The number of ether oxygens (including phenoxy) is 1. The molecular weight excluding hydrogens is 254 g/mol. The van der Waals surface area contributed by atoms with Crippen LogP contribution in [0.15, 0.2) is 12.1 Å². The lowest BCUT2D eigenvalue weighted by atomic mass is 10.1. The van der Waals surface area contributed by atoms with Gasteiger partial charge in [0, 0.05) is 19.0 Å². The van der Waals surface area contributed by atoms with Crippen molar-refractivity contribution in [3.63, 3.8) is 0 Å². The molecule has 0 aliphatic carbocycles. The average molecular weight is 267 g/mol. The second-order valence-corrected chi connectivity index (χ2v) is 4.05. The Morgan fingerprint density at radius 3 is 2.84 bits per heavy atom. The molecule has 1 saturated heterocycles. The number of carbonyl (C=O) groups is 1. The lowest BCUT2D eigenvalue weighted by Crippen LogP contribution is -2.44. The minimum Gasteiger partial charge on any atom is -0.500 e. The summed E-state index contributed by atoms with van der Waals surface area (Å²) in [6, 6.07) is 2.66. The first kappa shape index (κ1) is 13.1. The van der Waals surface area contributed by atoms with Gasteiger partial charge in [0.25, 0.3) is 0 Å². The van der Waals surface area contributed by atoms with Crippen LogP contribution in [0, 0.1) is 10.1 Å². The molecule has 0 radical (unpaired) electrons. The molecule has 1 aliphatic rings. The van der Waals surface area contributed by atoms with Crippen LogP contribution >= 0.6 is 0 Å². The van der Waals surface area contributed by atoms with E-state index in [9.17, 15) is 20.0 Å². The first-order valence-electron chi connectivity index (χ1n) is 5.61. The number of phenolic OH excluding ortho intramolecular Hbond substituents is 1. The average Bonchev–Trinajstić information content (AvgIpc) is 2.38. The number of nitrogens with zero attached hydrogens (tertiary/aromatic N) is 1. The van der Waals surface area contributed by atoms with Crippen LogP contribution < -0.4 is 15.4 Å². The molecule has 0 saturated carbocycles. The second-order valence-electron chi connectivity index (χ2n) is 4.05. The third-order valence-corrected chi connectivity index (χ3v) is 2.83. The van der Waals surface area contributed by atoms with Crippen molar-refractivity contribution in [2.45, 2.75) is 12.6 Å². The number of carbonyl (C=O) groups excluding carboxylic acids is 1. The third-order valence-electron chi connectivity index (χ3n) is 2.83. The van der Waals surface area contributed by atoms with Crippen molar-refractivity contribution in [2.75, 3.05) is 13.7 Å². The molecule has 0 spiro atoms. The number of phenols is 1. The summed E-state index contributed by atoms with van der Waals surface area (Å²) >= 11 is 0. The summed E-state index contributed by atoms with van der Waals surface area (Å²) in [5, 5.41) is 26.2. The van der Waals surface area contributed by atoms with Crippen molar-refractivity contribution in [2.24, 2.45) is 0 Å². The molecule has 1 atom stereocenters. The summed E-state index contributed by atoms with van der Waals surface area (Å²) in [7, 11) is 1.30. The summed E-state index contributed by atoms with van der Waals surface area (Å²) in [4.78, 5) is 21.5. The lowest BCUT2D eigenvalue weighted by molar-refractivity contribution is -0.386. The molecule has 0 aromatic heterocycles. The first-order valence-corrected chi connectivity index (χ1v) is 5.61. The Bertz CT molecular complexity index is 531. The molecule has 1 aromatic carbocycles. The highest BCUT2D eigenvalue weighted by molar-refractivity contribution is 5.77. The number of nitro benzene ring substituents is 1. The Morgan fingerprint density at radius 1 is 1.53 bits per heavy atom. The zero-order valence-corrected chi connectivity index (χ0v) is 10.2. The van der Waals surface area contributed by atoms with Crippen molar-refractivity contribution in [1.82, 2.24) is 10.6 Å². The Hall–Kier alpha value is -2.35. The number of benzene rings is 1. The van der Waals surface area contributed by atoms with Gasteiger partial charge < -0.3 is 15.2 Å². The maximum Gasteiger partial charge on any atom is 0.315 e. The van der Waals surface area contributed by atoms with Gasteiger partial charge in [0.15, 0.2) is 5.75 Å². The van der Waals surface area contributed by atoms with E-state index in [2.05, 4.69) is 10.6 Å². The third kappa shape index (κ3) is 2.58. The molecular formula is C11H13N3O5. The predicted molar refractivity (Wildman–Crippen MR) is 64.8 cm³/mol. The van der Waals surface area contributed by atoms with Gasteiger partial charge in [-0.25, -0.2) is 0 Å². The molecule has 1 amide bonds. The van der Waals surface area contributed by atoms with Gasteiger partial charge in [0.2, 0.25) is 11.7 Å². The van der Waals surface area contributed by atoms with Crippen molar-refractivity contribution < 1.29 is 19.6 Å². The molecule has 0 unspecified atom stereocenters. The van der Waals surface area contributed by atoms with Crippen LogP contribution in [-0.2, 0) is 4.79 Å². The zero-order valence-electron chi connectivity index (χ0n) is 10.2. The Kier molecular flexibility index (Phi) is 3.52. The van der Waals surface area contributed by atoms with E-state index in [0.29, 0.717) is 18.5 Å². The Morgan fingerprint density at radius 2 is 2.26 bits per heavy atom. The van der Waals surface area contributed by atoms with Gasteiger partial charge >= 0.3 is 5.69 Å². The highest BCUT2D eigenvalue weighted by Gasteiger charge is 2.25. The molecule has 1 heterocycles. The van der Waals surface area contributed by atoms with Crippen LogP contribution in [-0.4, -0.2) is 29.6 Å². The molecule has 19 heavy (non-hydrogen) atoms. The maximum absolute atomic E-state index is 11.3. The quantitative estimate of drug-likeness (QED) is 0.540. The lowest BCUT2D eigenvalue weighted by Gasteiger charge is -2.25. The van der Waals surface area contributed by atoms with E-state index >= 15 is 0 Å². The largest absolute Gasteiger partial charge is 0.500 e. The van der Waals surface area contributed by atoms with E-state index in [1.165, 1.54) is 19.2 Å². The van der Waals surface area contributed by atoms with Crippen LogP contribution in [0.1, 0.15) is 18.2 Å². The Balaban J connectivity index is 2.42. The summed E-state index contributed by atoms with van der Waals surface area (Å²) in [5.41, 5.74) is -0.00891. The summed E-state index contributed by atoms with van der Waals surface area (Å²) < 4.78 is 4.90. The van der Waals surface area contributed by atoms with Crippen LogP contribution in [0.4, 0.5) is 5.69 Å². The van der Waals surface area contributed by atoms with Gasteiger partial charge in [0.1, 0.15) is 6.17 Å². The fourth-order valence-corrected chi connectivity index (χ4v) is 1.89. The van der Waals surface area contributed by atoms with Gasteiger partial charge in [0.05, 0.1) is 12.0 Å². The van der Waals surface area contributed by atoms with Crippen molar-refractivity contribution in [3.8, 4) is 11.5 Å². The molecule has 3 N–H and O–H groups in total. The smallest absolute Gasteiger partial charge is 0.315 e. The van der Waals surface area contributed by atoms with Crippen molar-refractivity contribution >= 4 is 11.6 Å². The molecule has 1 aliphatic heterocycles. The molecule has 102 valence electrons. The summed E-state index contributed by atoms with van der Waals surface area (Å²) in [5.74, 6) is -0.678. The highest BCUT2D eigenvalue weighted by Crippen LogP contribution is 2.38. The minimum absolute atomic E-state index is 0.00850. The van der Waals surface area contributed by atoms with E-state index in [0.717, 1.165) is 0 Å². The molecule has 8 heteroatoms. The predicted octanol–water partition coefficient (Wildman–Crippen LogP) is 0.417. The second kappa shape index (κ2) is 5.11. The summed E-state index contributed by atoms with van der Waals surface area (Å²) in [6.45, 7) is 0.480. The molecule has 8 nitrogen and oxygen atoms in total. The first-order chi connectivity index (χ1) is 9.02. The van der Waals surface area contributed by atoms with Gasteiger partial charge in [-0.2, -0.15) is 0 Å². The number of hydrogen-bond donors (Lipinski definition) is 3. The maximum atomic E-state index is 11.3.